The molecule has 3 N–H and O–H groups in total. The number of carbonyl (C=O) groups excluding carboxylic acids is 1. The van der Waals surface area contributed by atoms with E-state index in [1.165, 1.54) is 0 Å². The van der Waals surface area contributed by atoms with Crippen molar-refractivity contribution in [1.29, 1.82) is 0 Å². The van der Waals surface area contributed by atoms with Crippen LogP contribution in [0, 0.1) is 5.92 Å². The third kappa shape index (κ3) is 7.50. The zero-order valence-electron chi connectivity index (χ0n) is 14.8. The van der Waals surface area contributed by atoms with Crippen LogP contribution in [0.15, 0.2) is 18.2 Å². The summed E-state index contributed by atoms with van der Waals surface area (Å²) in [5, 5.41) is 3.47. The third-order valence-electron chi connectivity index (χ3n) is 3.41. The summed E-state index contributed by atoms with van der Waals surface area (Å²) < 4.78 is 10.4. The van der Waals surface area contributed by atoms with Crippen LogP contribution in [-0.2, 0) is 11.2 Å². The predicted octanol–water partition coefficient (Wildman–Crippen LogP) is 2.18. The molecule has 0 aliphatic rings. The van der Waals surface area contributed by atoms with Crippen LogP contribution in [0.2, 0.25) is 0 Å². The summed E-state index contributed by atoms with van der Waals surface area (Å²) in [6, 6.07) is 5.62. The molecule has 0 unspecified atom stereocenters. The van der Waals surface area contributed by atoms with Gasteiger partial charge in [0, 0.05) is 13.0 Å². The Hall–Kier alpha value is -2.02. The molecule has 0 aliphatic heterocycles. The number of methoxy groups -OCH3 is 2. The van der Waals surface area contributed by atoms with Gasteiger partial charge in [-0.3, -0.25) is 15.6 Å². The molecule has 0 atom stereocenters. The van der Waals surface area contributed by atoms with Crippen molar-refractivity contribution >= 4 is 23.2 Å². The molecule has 1 rings (SSSR count). The van der Waals surface area contributed by atoms with Crippen molar-refractivity contribution in [3.8, 4) is 11.5 Å². The van der Waals surface area contributed by atoms with Gasteiger partial charge in [-0.15, -0.1) is 0 Å². The molecule has 6 nitrogen and oxygen atoms in total. The van der Waals surface area contributed by atoms with E-state index in [0.717, 1.165) is 18.5 Å². The number of amides is 1. The molecule has 134 valence electrons. The first-order valence-electron chi connectivity index (χ1n) is 7.99. The first-order valence-corrected chi connectivity index (χ1v) is 8.40. The fraction of sp³-hybridized carbons (Fsp3) is 0.529. The Morgan fingerprint density at radius 1 is 1.17 bits per heavy atom. The summed E-state index contributed by atoms with van der Waals surface area (Å²) in [7, 11) is 3.18. The van der Waals surface area contributed by atoms with Crippen LogP contribution >= 0.6 is 12.2 Å². The van der Waals surface area contributed by atoms with E-state index in [0.29, 0.717) is 35.4 Å². The molecule has 0 radical (unpaired) electrons. The number of hydrazine groups is 1. The third-order valence-corrected chi connectivity index (χ3v) is 3.66. The summed E-state index contributed by atoms with van der Waals surface area (Å²) >= 11 is 5.10. The lowest BCUT2D eigenvalue weighted by atomic mass is 10.1. The second kappa shape index (κ2) is 10.7. The minimum Gasteiger partial charge on any atom is -0.493 e. The maximum Gasteiger partial charge on any atom is 0.238 e. The van der Waals surface area contributed by atoms with Gasteiger partial charge < -0.3 is 14.8 Å². The Morgan fingerprint density at radius 2 is 1.88 bits per heavy atom. The molecule has 1 amide bonds. The number of nitrogens with one attached hydrogen (secondary N) is 3. The van der Waals surface area contributed by atoms with Gasteiger partial charge in [0.05, 0.1) is 14.2 Å². The molecule has 0 heterocycles. The number of hydrogen-bond acceptors (Lipinski definition) is 4. The Balaban J connectivity index is 2.32. The van der Waals surface area contributed by atoms with Gasteiger partial charge in [0.1, 0.15) is 0 Å². The highest BCUT2D eigenvalue weighted by Gasteiger charge is 2.07. The average molecular weight is 353 g/mol. The van der Waals surface area contributed by atoms with E-state index in [1.807, 2.05) is 18.2 Å². The quantitative estimate of drug-likeness (QED) is 0.491. The molecule has 0 aliphatic carbocycles. The van der Waals surface area contributed by atoms with Gasteiger partial charge in [-0.2, -0.15) is 0 Å². The van der Waals surface area contributed by atoms with E-state index < -0.39 is 0 Å². The summed E-state index contributed by atoms with van der Waals surface area (Å²) in [4.78, 5) is 11.9. The number of rotatable bonds is 8. The second-order valence-electron chi connectivity index (χ2n) is 5.80. The van der Waals surface area contributed by atoms with Gasteiger partial charge in [0.25, 0.3) is 0 Å². The molecule has 0 saturated heterocycles. The fourth-order valence-electron chi connectivity index (χ4n) is 2.00. The normalized spacial score (nSPS) is 10.2. The van der Waals surface area contributed by atoms with Crippen molar-refractivity contribution in [3.05, 3.63) is 23.8 Å². The van der Waals surface area contributed by atoms with Crippen LogP contribution in [0.5, 0.6) is 11.5 Å². The topological polar surface area (TPSA) is 71.6 Å². The van der Waals surface area contributed by atoms with E-state index in [2.05, 4.69) is 30.0 Å². The standard InChI is InChI=1S/C17H27N3O3S/c1-12(2)9-10-18-17(24)20-19-16(21)8-6-13-5-7-14(22-3)15(11-13)23-4/h5,7,11-12H,6,8-10H2,1-4H3,(H,19,21)(H2,18,20,24). The Kier molecular flexibility index (Phi) is 8.93. The van der Waals surface area contributed by atoms with Crippen LogP contribution < -0.4 is 25.6 Å². The van der Waals surface area contributed by atoms with E-state index in [-0.39, 0.29) is 5.91 Å². The summed E-state index contributed by atoms with van der Waals surface area (Å²) in [6.45, 7) is 5.08. The van der Waals surface area contributed by atoms with Crippen LogP contribution in [0.1, 0.15) is 32.3 Å². The van der Waals surface area contributed by atoms with E-state index in [9.17, 15) is 4.79 Å². The zero-order chi connectivity index (χ0) is 17.9. The van der Waals surface area contributed by atoms with Crippen molar-refractivity contribution in [2.75, 3.05) is 20.8 Å². The van der Waals surface area contributed by atoms with Gasteiger partial charge in [0.15, 0.2) is 16.6 Å². The Morgan fingerprint density at radius 3 is 2.50 bits per heavy atom. The van der Waals surface area contributed by atoms with Crippen molar-refractivity contribution in [1.82, 2.24) is 16.2 Å². The maximum absolute atomic E-state index is 11.9. The van der Waals surface area contributed by atoms with Crippen molar-refractivity contribution in [3.63, 3.8) is 0 Å². The largest absolute Gasteiger partial charge is 0.493 e. The van der Waals surface area contributed by atoms with Gasteiger partial charge in [0.2, 0.25) is 5.91 Å². The first kappa shape index (κ1) is 20.0. The molecule has 0 saturated carbocycles. The number of carbonyl (C=O) groups is 1. The summed E-state index contributed by atoms with van der Waals surface area (Å²) in [5.74, 6) is 1.81. The van der Waals surface area contributed by atoms with Crippen LogP contribution in [0.4, 0.5) is 0 Å². The lowest BCUT2D eigenvalue weighted by molar-refractivity contribution is -0.121. The monoisotopic (exact) mass is 353 g/mol. The highest BCUT2D eigenvalue weighted by Crippen LogP contribution is 2.27. The van der Waals surface area contributed by atoms with E-state index >= 15 is 0 Å². The predicted molar refractivity (Wildman–Crippen MR) is 99.2 cm³/mol. The van der Waals surface area contributed by atoms with Crippen molar-refractivity contribution in [2.24, 2.45) is 5.92 Å². The molecule has 0 spiro atoms. The lowest BCUT2D eigenvalue weighted by Crippen LogP contribution is -2.47. The number of benzene rings is 1. The summed E-state index contributed by atoms with van der Waals surface area (Å²) in [5.41, 5.74) is 6.30. The van der Waals surface area contributed by atoms with Crippen molar-refractivity contribution in [2.45, 2.75) is 33.1 Å². The van der Waals surface area contributed by atoms with E-state index in [1.54, 1.807) is 14.2 Å². The lowest BCUT2D eigenvalue weighted by Gasteiger charge is -2.13. The second-order valence-corrected chi connectivity index (χ2v) is 6.21. The maximum atomic E-state index is 11.9. The average Bonchev–Trinajstić information content (AvgIpc) is 2.57. The summed E-state index contributed by atoms with van der Waals surface area (Å²) in [6.07, 6.45) is 1.97. The van der Waals surface area contributed by atoms with E-state index in [4.69, 9.17) is 21.7 Å². The minimum atomic E-state index is -0.127. The number of ether oxygens (including phenoxy) is 2. The molecule has 24 heavy (non-hydrogen) atoms. The van der Waals surface area contributed by atoms with Gasteiger partial charge in [-0.05, 0) is 48.7 Å². The number of aryl methyl sites for hydroxylation is 1. The minimum absolute atomic E-state index is 0.127. The highest BCUT2D eigenvalue weighted by atomic mass is 32.1. The smallest absolute Gasteiger partial charge is 0.238 e. The SMILES string of the molecule is COc1ccc(CCC(=O)NNC(=S)NCCC(C)C)cc1OC. The molecule has 0 bridgehead atoms. The fourth-order valence-corrected chi connectivity index (χ4v) is 2.15. The van der Waals surface area contributed by atoms with Crippen LogP contribution in [0.25, 0.3) is 0 Å². The molecule has 7 heteroatoms. The van der Waals surface area contributed by atoms with Crippen LogP contribution in [0.3, 0.4) is 0 Å². The molecule has 1 aromatic rings. The van der Waals surface area contributed by atoms with Crippen LogP contribution in [-0.4, -0.2) is 31.8 Å². The Labute approximate surface area is 149 Å². The number of hydrogen-bond donors (Lipinski definition) is 3. The van der Waals surface area contributed by atoms with Crippen molar-refractivity contribution < 1.29 is 14.3 Å². The van der Waals surface area contributed by atoms with Gasteiger partial charge in [-0.25, -0.2) is 0 Å². The molecular weight excluding hydrogens is 326 g/mol. The molecule has 0 fully saturated rings. The molecule has 1 aromatic carbocycles. The molecular formula is C17H27N3O3S. The molecule has 0 aromatic heterocycles. The van der Waals surface area contributed by atoms with Gasteiger partial charge in [-0.1, -0.05) is 19.9 Å². The Bertz CT molecular complexity index is 550. The number of thiocarbonyl (C=S) groups is 1. The van der Waals surface area contributed by atoms with Gasteiger partial charge >= 0.3 is 0 Å². The zero-order valence-corrected chi connectivity index (χ0v) is 15.6. The highest BCUT2D eigenvalue weighted by molar-refractivity contribution is 7.80. The first-order chi connectivity index (χ1) is 11.5.